The average molecular weight is 258 g/mol. The fraction of sp³-hybridized carbons (Fsp3) is 0.250. The van der Waals surface area contributed by atoms with Crippen LogP contribution in [0.25, 0.3) is 0 Å². The van der Waals surface area contributed by atoms with Gasteiger partial charge in [-0.15, -0.1) is 0 Å². The molecule has 18 heavy (non-hydrogen) atoms. The zero-order valence-corrected chi connectivity index (χ0v) is 10.9. The monoisotopic (exact) mass is 257 g/mol. The SMILES string of the molecule is NC(c1ccc(Cl)cc1)c1cccc(C2CC2)c1. The van der Waals surface area contributed by atoms with Gasteiger partial charge in [0.1, 0.15) is 0 Å². The van der Waals surface area contributed by atoms with Crippen LogP contribution in [-0.4, -0.2) is 0 Å². The molecule has 2 aromatic carbocycles. The smallest absolute Gasteiger partial charge is 0.0551 e. The van der Waals surface area contributed by atoms with Crippen molar-refractivity contribution in [2.75, 3.05) is 0 Å². The van der Waals surface area contributed by atoms with Gasteiger partial charge in [-0.3, -0.25) is 0 Å². The predicted octanol–water partition coefficient (Wildman–Crippen LogP) is 4.27. The van der Waals surface area contributed by atoms with E-state index in [1.54, 1.807) is 0 Å². The topological polar surface area (TPSA) is 26.0 Å². The minimum atomic E-state index is -0.0685. The number of halogens is 1. The zero-order valence-electron chi connectivity index (χ0n) is 10.1. The lowest BCUT2D eigenvalue weighted by atomic mass is 9.97. The van der Waals surface area contributed by atoms with Crippen LogP contribution in [-0.2, 0) is 0 Å². The number of rotatable bonds is 3. The molecular weight excluding hydrogens is 242 g/mol. The van der Waals surface area contributed by atoms with Crippen LogP contribution in [0.4, 0.5) is 0 Å². The Bertz CT molecular complexity index is 543. The van der Waals surface area contributed by atoms with E-state index in [2.05, 4.69) is 24.3 Å². The van der Waals surface area contributed by atoms with Crippen molar-refractivity contribution in [1.29, 1.82) is 0 Å². The maximum absolute atomic E-state index is 6.31. The molecular formula is C16H16ClN. The number of benzene rings is 2. The molecule has 1 nitrogen and oxygen atoms in total. The molecule has 2 heteroatoms. The zero-order chi connectivity index (χ0) is 12.5. The molecule has 1 aliphatic rings. The molecule has 0 bridgehead atoms. The second kappa shape index (κ2) is 4.75. The highest BCUT2D eigenvalue weighted by molar-refractivity contribution is 6.30. The third kappa shape index (κ3) is 2.43. The number of nitrogens with two attached hydrogens (primary N) is 1. The lowest BCUT2D eigenvalue weighted by molar-refractivity contribution is 0.867. The van der Waals surface area contributed by atoms with Crippen molar-refractivity contribution >= 4 is 11.6 Å². The Labute approximate surface area is 113 Å². The molecule has 0 radical (unpaired) electrons. The molecule has 0 aliphatic heterocycles. The highest BCUT2D eigenvalue weighted by Gasteiger charge is 2.23. The predicted molar refractivity (Wildman–Crippen MR) is 75.9 cm³/mol. The van der Waals surface area contributed by atoms with Crippen molar-refractivity contribution in [2.45, 2.75) is 24.8 Å². The van der Waals surface area contributed by atoms with Crippen LogP contribution in [0.5, 0.6) is 0 Å². The Balaban J connectivity index is 1.88. The van der Waals surface area contributed by atoms with Gasteiger partial charge in [0.25, 0.3) is 0 Å². The first-order chi connectivity index (χ1) is 8.74. The van der Waals surface area contributed by atoms with Gasteiger partial charge in [0.2, 0.25) is 0 Å². The maximum atomic E-state index is 6.31. The summed E-state index contributed by atoms with van der Waals surface area (Å²) >= 11 is 5.90. The van der Waals surface area contributed by atoms with E-state index in [1.165, 1.54) is 24.0 Å². The molecule has 2 aromatic rings. The standard InChI is InChI=1S/C16H16ClN/c17-15-8-6-12(7-9-15)16(18)14-3-1-2-13(10-14)11-4-5-11/h1-3,6-11,16H,4-5,18H2. The molecule has 1 atom stereocenters. The second-order valence-corrected chi connectivity index (χ2v) is 5.41. The minimum Gasteiger partial charge on any atom is -0.320 e. The summed E-state index contributed by atoms with van der Waals surface area (Å²) in [6.45, 7) is 0. The summed E-state index contributed by atoms with van der Waals surface area (Å²) in [5, 5.41) is 0.748. The van der Waals surface area contributed by atoms with Crippen LogP contribution < -0.4 is 5.73 Å². The summed E-state index contributed by atoms with van der Waals surface area (Å²) in [7, 11) is 0. The van der Waals surface area contributed by atoms with E-state index in [1.807, 2.05) is 24.3 Å². The molecule has 0 aromatic heterocycles. The fourth-order valence-corrected chi connectivity index (χ4v) is 2.41. The third-order valence-corrected chi connectivity index (χ3v) is 3.80. The molecule has 1 unspecified atom stereocenters. The van der Waals surface area contributed by atoms with Gasteiger partial charge >= 0.3 is 0 Å². The Hall–Kier alpha value is -1.31. The van der Waals surface area contributed by atoms with Gasteiger partial charge < -0.3 is 5.73 Å². The Morgan fingerprint density at radius 3 is 2.39 bits per heavy atom. The number of hydrogen-bond donors (Lipinski definition) is 1. The molecule has 3 rings (SSSR count). The van der Waals surface area contributed by atoms with Gasteiger partial charge in [-0.2, -0.15) is 0 Å². The summed E-state index contributed by atoms with van der Waals surface area (Å²) in [5.74, 6) is 0.766. The quantitative estimate of drug-likeness (QED) is 0.873. The Morgan fingerprint density at radius 2 is 1.72 bits per heavy atom. The summed E-state index contributed by atoms with van der Waals surface area (Å²) < 4.78 is 0. The van der Waals surface area contributed by atoms with Crippen molar-refractivity contribution in [3.63, 3.8) is 0 Å². The molecule has 0 amide bonds. The van der Waals surface area contributed by atoms with Crippen molar-refractivity contribution < 1.29 is 0 Å². The first-order valence-electron chi connectivity index (χ1n) is 6.35. The molecule has 0 saturated heterocycles. The molecule has 1 aliphatic carbocycles. The van der Waals surface area contributed by atoms with Gasteiger partial charge in [0.15, 0.2) is 0 Å². The van der Waals surface area contributed by atoms with Crippen molar-refractivity contribution in [3.8, 4) is 0 Å². The molecule has 0 heterocycles. The van der Waals surface area contributed by atoms with Crippen LogP contribution in [0.1, 0.15) is 41.5 Å². The molecule has 0 spiro atoms. The van der Waals surface area contributed by atoms with Crippen LogP contribution in [0, 0.1) is 0 Å². The van der Waals surface area contributed by atoms with Gasteiger partial charge in [0, 0.05) is 5.02 Å². The van der Waals surface area contributed by atoms with Crippen LogP contribution in [0.3, 0.4) is 0 Å². The maximum Gasteiger partial charge on any atom is 0.0551 e. The summed E-state index contributed by atoms with van der Waals surface area (Å²) in [6, 6.07) is 16.4. The van der Waals surface area contributed by atoms with Gasteiger partial charge in [-0.25, -0.2) is 0 Å². The van der Waals surface area contributed by atoms with E-state index in [9.17, 15) is 0 Å². The van der Waals surface area contributed by atoms with E-state index in [0.717, 1.165) is 16.5 Å². The molecule has 2 N–H and O–H groups in total. The first-order valence-corrected chi connectivity index (χ1v) is 6.73. The second-order valence-electron chi connectivity index (χ2n) is 4.97. The normalized spacial score (nSPS) is 16.6. The van der Waals surface area contributed by atoms with E-state index in [0.29, 0.717) is 0 Å². The van der Waals surface area contributed by atoms with Crippen molar-refractivity contribution in [1.82, 2.24) is 0 Å². The average Bonchev–Trinajstić information content (AvgIpc) is 3.23. The van der Waals surface area contributed by atoms with Crippen molar-refractivity contribution in [2.24, 2.45) is 5.73 Å². The van der Waals surface area contributed by atoms with Gasteiger partial charge in [0.05, 0.1) is 6.04 Å². The minimum absolute atomic E-state index is 0.0685. The summed E-state index contributed by atoms with van der Waals surface area (Å²) in [6.07, 6.45) is 2.64. The van der Waals surface area contributed by atoms with Crippen LogP contribution in [0.15, 0.2) is 48.5 Å². The Kier molecular flexibility index (Phi) is 3.11. The lowest BCUT2D eigenvalue weighted by Gasteiger charge is -2.14. The van der Waals surface area contributed by atoms with Crippen LogP contribution in [0.2, 0.25) is 5.02 Å². The molecule has 1 fully saturated rings. The fourth-order valence-electron chi connectivity index (χ4n) is 2.29. The molecule has 1 saturated carbocycles. The molecule has 92 valence electrons. The van der Waals surface area contributed by atoms with E-state index >= 15 is 0 Å². The Morgan fingerprint density at radius 1 is 1.00 bits per heavy atom. The summed E-state index contributed by atoms with van der Waals surface area (Å²) in [4.78, 5) is 0. The first kappa shape index (κ1) is 11.8. The largest absolute Gasteiger partial charge is 0.320 e. The van der Waals surface area contributed by atoms with E-state index in [4.69, 9.17) is 17.3 Å². The van der Waals surface area contributed by atoms with E-state index < -0.39 is 0 Å². The van der Waals surface area contributed by atoms with Gasteiger partial charge in [-0.1, -0.05) is 48.0 Å². The third-order valence-electron chi connectivity index (χ3n) is 3.55. The lowest BCUT2D eigenvalue weighted by Crippen LogP contribution is -2.11. The van der Waals surface area contributed by atoms with Gasteiger partial charge in [-0.05, 0) is 47.6 Å². The highest BCUT2D eigenvalue weighted by atomic mass is 35.5. The van der Waals surface area contributed by atoms with E-state index in [-0.39, 0.29) is 6.04 Å². The number of hydrogen-bond acceptors (Lipinski definition) is 1. The highest BCUT2D eigenvalue weighted by Crippen LogP contribution is 2.40. The summed E-state index contributed by atoms with van der Waals surface area (Å²) in [5.41, 5.74) is 10.0. The van der Waals surface area contributed by atoms with Crippen LogP contribution >= 0.6 is 11.6 Å². The van der Waals surface area contributed by atoms with Crippen molar-refractivity contribution in [3.05, 3.63) is 70.2 Å².